The van der Waals surface area contributed by atoms with Gasteiger partial charge in [0.25, 0.3) is 5.91 Å². The van der Waals surface area contributed by atoms with Gasteiger partial charge in [-0.1, -0.05) is 37.5 Å². The molecule has 1 saturated carbocycles. The van der Waals surface area contributed by atoms with Gasteiger partial charge in [0.2, 0.25) is 12.0 Å². The Hall–Kier alpha value is -3.81. The first-order valence-electron chi connectivity index (χ1n) is 12.1. The zero-order chi connectivity index (χ0) is 24.0. The van der Waals surface area contributed by atoms with Gasteiger partial charge in [-0.2, -0.15) is 0 Å². The van der Waals surface area contributed by atoms with Crippen molar-refractivity contribution in [3.8, 4) is 11.5 Å². The number of hydrogen-bond acceptors (Lipinski definition) is 6. The van der Waals surface area contributed by atoms with E-state index in [1.165, 1.54) is 12.7 Å². The number of carbonyl (C=O) groups is 2. The first kappa shape index (κ1) is 23.0. The molecule has 35 heavy (non-hydrogen) atoms. The summed E-state index contributed by atoms with van der Waals surface area (Å²) in [4.78, 5) is 31.3. The lowest BCUT2D eigenvalue weighted by molar-refractivity contribution is -0.132. The van der Waals surface area contributed by atoms with E-state index in [4.69, 9.17) is 13.9 Å². The molecule has 0 saturated heterocycles. The van der Waals surface area contributed by atoms with E-state index < -0.39 is 18.1 Å². The van der Waals surface area contributed by atoms with Crippen LogP contribution in [0.1, 0.15) is 55.4 Å². The molecule has 2 N–H and O–H groups in total. The lowest BCUT2D eigenvalue weighted by atomic mass is 9.89. The third-order valence-electron chi connectivity index (χ3n) is 6.56. The van der Waals surface area contributed by atoms with Crippen molar-refractivity contribution < 1.29 is 23.5 Å². The van der Waals surface area contributed by atoms with Crippen molar-refractivity contribution in [2.24, 2.45) is 0 Å². The smallest absolute Gasteiger partial charge is 0.265 e. The Morgan fingerprint density at radius 2 is 1.80 bits per heavy atom. The standard InChI is InChI=1S/C27H29N3O5/c31-26(23-17-34-20-11-4-5-12-21(20)35-23)30-25(18-8-6-14-28-16-18)24(22-13-7-15-33-22)27(32)29-19-9-2-1-3-10-19/h4-8,11-16,19,23-25H,1-3,9-10,17H2,(H,29,32)(H,30,31). The van der Waals surface area contributed by atoms with Crippen LogP contribution in [0.25, 0.3) is 0 Å². The predicted octanol–water partition coefficient (Wildman–Crippen LogP) is 3.90. The fraction of sp³-hybridized carbons (Fsp3) is 0.370. The summed E-state index contributed by atoms with van der Waals surface area (Å²) in [7, 11) is 0. The van der Waals surface area contributed by atoms with Gasteiger partial charge in [0.15, 0.2) is 11.5 Å². The molecule has 1 aliphatic heterocycles. The minimum Gasteiger partial charge on any atom is -0.485 e. The Labute approximate surface area is 204 Å². The number of hydrogen-bond donors (Lipinski definition) is 2. The third kappa shape index (κ3) is 5.31. The van der Waals surface area contributed by atoms with Crippen molar-refractivity contribution in [1.82, 2.24) is 15.6 Å². The average molecular weight is 476 g/mol. The molecule has 3 atom stereocenters. The fourth-order valence-electron chi connectivity index (χ4n) is 4.76. The molecule has 2 aromatic heterocycles. The molecular formula is C27H29N3O5. The van der Waals surface area contributed by atoms with Crippen LogP contribution >= 0.6 is 0 Å². The van der Waals surface area contributed by atoms with Gasteiger partial charge in [-0.15, -0.1) is 0 Å². The first-order valence-corrected chi connectivity index (χ1v) is 12.1. The summed E-state index contributed by atoms with van der Waals surface area (Å²) >= 11 is 0. The van der Waals surface area contributed by atoms with Crippen LogP contribution < -0.4 is 20.1 Å². The number of carbonyl (C=O) groups excluding carboxylic acids is 2. The maximum atomic E-state index is 13.6. The van der Waals surface area contributed by atoms with E-state index in [-0.39, 0.29) is 24.5 Å². The molecule has 2 amide bonds. The van der Waals surface area contributed by atoms with Gasteiger partial charge in [0, 0.05) is 18.4 Å². The number of pyridine rings is 1. The Morgan fingerprint density at radius 1 is 0.971 bits per heavy atom. The number of furan rings is 1. The molecule has 0 bridgehead atoms. The summed E-state index contributed by atoms with van der Waals surface area (Å²) < 4.78 is 17.3. The Morgan fingerprint density at radius 3 is 2.54 bits per heavy atom. The molecule has 8 heteroatoms. The fourth-order valence-corrected chi connectivity index (χ4v) is 4.76. The SMILES string of the molecule is O=C(NC(c1cccnc1)C(C(=O)NC1CCCCC1)c1ccco1)C1COc2ccccc2O1. The maximum Gasteiger partial charge on any atom is 0.265 e. The van der Waals surface area contributed by atoms with Gasteiger partial charge < -0.3 is 24.5 Å². The minimum absolute atomic E-state index is 0.0717. The van der Waals surface area contributed by atoms with Crippen molar-refractivity contribution in [3.63, 3.8) is 0 Å². The second-order valence-electron chi connectivity index (χ2n) is 8.97. The number of amides is 2. The van der Waals surface area contributed by atoms with Crippen molar-refractivity contribution in [2.45, 2.75) is 56.2 Å². The number of nitrogens with zero attached hydrogens (tertiary/aromatic N) is 1. The summed E-state index contributed by atoms with van der Waals surface area (Å²) in [5.74, 6) is 0.230. The third-order valence-corrected chi connectivity index (χ3v) is 6.56. The van der Waals surface area contributed by atoms with Crippen LogP contribution in [0.5, 0.6) is 11.5 Å². The van der Waals surface area contributed by atoms with Gasteiger partial charge in [-0.05, 0) is 48.7 Å². The molecule has 0 spiro atoms. The molecule has 2 aliphatic rings. The Balaban J connectivity index is 1.41. The number of para-hydroxylation sites is 2. The molecule has 182 valence electrons. The van der Waals surface area contributed by atoms with E-state index in [2.05, 4.69) is 15.6 Å². The molecule has 3 unspecified atom stereocenters. The highest BCUT2D eigenvalue weighted by Crippen LogP contribution is 2.34. The van der Waals surface area contributed by atoms with Gasteiger partial charge >= 0.3 is 0 Å². The number of benzene rings is 1. The zero-order valence-corrected chi connectivity index (χ0v) is 19.4. The highest BCUT2D eigenvalue weighted by Gasteiger charge is 2.38. The largest absolute Gasteiger partial charge is 0.485 e. The summed E-state index contributed by atoms with van der Waals surface area (Å²) in [6.07, 6.45) is 9.27. The van der Waals surface area contributed by atoms with Gasteiger partial charge in [0.1, 0.15) is 18.3 Å². The predicted molar refractivity (Wildman–Crippen MR) is 128 cm³/mol. The molecule has 3 aromatic rings. The van der Waals surface area contributed by atoms with Crippen molar-refractivity contribution in [1.29, 1.82) is 0 Å². The molecule has 0 radical (unpaired) electrons. The summed E-state index contributed by atoms with van der Waals surface area (Å²) in [5.41, 5.74) is 0.693. The topological polar surface area (TPSA) is 103 Å². The van der Waals surface area contributed by atoms with E-state index in [1.54, 1.807) is 42.7 Å². The molecule has 3 heterocycles. The van der Waals surface area contributed by atoms with Crippen LogP contribution in [0.4, 0.5) is 0 Å². The summed E-state index contributed by atoms with van der Waals surface area (Å²) in [5, 5.41) is 6.23. The van der Waals surface area contributed by atoms with Crippen LogP contribution in [-0.4, -0.2) is 35.6 Å². The van der Waals surface area contributed by atoms with E-state index >= 15 is 0 Å². The quantitative estimate of drug-likeness (QED) is 0.537. The van der Waals surface area contributed by atoms with Crippen LogP contribution in [-0.2, 0) is 9.59 Å². The minimum atomic E-state index is -0.859. The summed E-state index contributed by atoms with van der Waals surface area (Å²) in [6, 6.07) is 13.8. The molecule has 8 nitrogen and oxygen atoms in total. The van der Waals surface area contributed by atoms with Gasteiger partial charge in [-0.3, -0.25) is 14.6 Å². The van der Waals surface area contributed by atoms with Crippen LogP contribution in [0.3, 0.4) is 0 Å². The lowest BCUT2D eigenvalue weighted by Crippen LogP contribution is -2.49. The maximum absolute atomic E-state index is 13.6. The zero-order valence-electron chi connectivity index (χ0n) is 19.4. The number of fused-ring (bicyclic) bond motifs is 1. The lowest BCUT2D eigenvalue weighted by Gasteiger charge is -2.31. The Bertz CT molecular complexity index is 1130. The van der Waals surface area contributed by atoms with Crippen LogP contribution in [0, 0.1) is 0 Å². The van der Waals surface area contributed by atoms with E-state index in [0.717, 1.165) is 25.7 Å². The first-order chi connectivity index (χ1) is 17.2. The van der Waals surface area contributed by atoms with Crippen LogP contribution in [0.2, 0.25) is 0 Å². The van der Waals surface area contributed by atoms with Crippen molar-refractivity contribution in [3.05, 3.63) is 78.5 Å². The number of aromatic nitrogens is 1. The molecule has 1 fully saturated rings. The molecule has 1 aliphatic carbocycles. The monoisotopic (exact) mass is 475 g/mol. The molecule has 1 aromatic carbocycles. The van der Waals surface area contributed by atoms with Gasteiger partial charge in [0.05, 0.1) is 12.3 Å². The molecule has 5 rings (SSSR count). The normalized spacial score (nSPS) is 19.4. The van der Waals surface area contributed by atoms with E-state index in [0.29, 0.717) is 22.8 Å². The Kier molecular flexibility index (Phi) is 6.97. The number of nitrogens with one attached hydrogen (secondary N) is 2. The van der Waals surface area contributed by atoms with E-state index in [9.17, 15) is 9.59 Å². The van der Waals surface area contributed by atoms with Gasteiger partial charge in [-0.25, -0.2) is 0 Å². The molecular weight excluding hydrogens is 446 g/mol. The van der Waals surface area contributed by atoms with Crippen molar-refractivity contribution in [2.75, 3.05) is 6.61 Å². The van der Waals surface area contributed by atoms with Crippen molar-refractivity contribution >= 4 is 11.8 Å². The number of rotatable bonds is 7. The summed E-state index contributed by atoms with van der Waals surface area (Å²) in [6.45, 7) is 0.0717. The average Bonchev–Trinajstić information content (AvgIpc) is 3.43. The number of ether oxygens (including phenoxy) is 2. The highest BCUT2D eigenvalue weighted by molar-refractivity contribution is 5.87. The second kappa shape index (κ2) is 10.6. The van der Waals surface area contributed by atoms with E-state index in [1.807, 2.05) is 18.2 Å². The van der Waals surface area contributed by atoms with Crippen LogP contribution in [0.15, 0.2) is 71.6 Å². The second-order valence-corrected chi connectivity index (χ2v) is 8.97. The highest BCUT2D eigenvalue weighted by atomic mass is 16.6.